The van der Waals surface area contributed by atoms with Crippen molar-refractivity contribution in [3.8, 4) is 0 Å². The number of benzene rings is 1. The van der Waals surface area contributed by atoms with E-state index < -0.39 is 11.6 Å². The largest absolute Gasteiger partial charge is 0.366 e. The molecular formula is C15H23F2N3. The lowest BCUT2D eigenvalue weighted by Gasteiger charge is -2.37. The fraction of sp³-hybridized carbons (Fsp3) is 0.600. The molecule has 1 atom stereocenters. The zero-order valence-electron chi connectivity index (χ0n) is 12.2. The normalized spacial score (nSPS) is 20.1. The minimum Gasteiger partial charge on any atom is -0.366 e. The topological polar surface area (TPSA) is 32.5 Å². The molecule has 1 fully saturated rings. The van der Waals surface area contributed by atoms with Crippen LogP contribution in [0.2, 0.25) is 0 Å². The summed E-state index contributed by atoms with van der Waals surface area (Å²) in [4.78, 5) is 3.94. The predicted octanol–water partition coefficient (Wildman–Crippen LogP) is 2.00. The molecule has 2 rings (SSSR count). The molecule has 1 aliphatic rings. The lowest BCUT2D eigenvalue weighted by Crippen LogP contribution is -2.45. The number of likely N-dealkylation sites (N-methyl/N-ethyl adjacent to an activating group) is 2. The van der Waals surface area contributed by atoms with Crippen LogP contribution in [0.15, 0.2) is 12.1 Å². The molecule has 2 N–H and O–H groups in total. The van der Waals surface area contributed by atoms with Gasteiger partial charge >= 0.3 is 0 Å². The van der Waals surface area contributed by atoms with Crippen LogP contribution in [0.3, 0.4) is 0 Å². The molecule has 0 amide bonds. The number of piperidine rings is 1. The van der Waals surface area contributed by atoms with Crippen LogP contribution in [0.1, 0.15) is 18.4 Å². The Morgan fingerprint density at radius 3 is 2.55 bits per heavy atom. The molecule has 0 aromatic heterocycles. The van der Waals surface area contributed by atoms with Crippen molar-refractivity contribution in [1.82, 2.24) is 4.90 Å². The van der Waals surface area contributed by atoms with Gasteiger partial charge in [0.25, 0.3) is 0 Å². The number of nitrogens with two attached hydrogens (primary N) is 1. The third-order valence-electron chi connectivity index (χ3n) is 4.01. The van der Waals surface area contributed by atoms with E-state index in [1.165, 1.54) is 12.1 Å². The van der Waals surface area contributed by atoms with Gasteiger partial charge in [0, 0.05) is 19.6 Å². The third-order valence-corrected chi connectivity index (χ3v) is 4.01. The van der Waals surface area contributed by atoms with Crippen molar-refractivity contribution in [3.63, 3.8) is 0 Å². The highest BCUT2D eigenvalue weighted by Crippen LogP contribution is 2.28. The number of likely N-dealkylation sites (tertiary alicyclic amines) is 1. The van der Waals surface area contributed by atoms with E-state index in [4.69, 9.17) is 5.73 Å². The number of rotatable bonds is 4. The molecule has 1 heterocycles. The summed E-state index contributed by atoms with van der Waals surface area (Å²) in [6.45, 7) is 2.27. The molecule has 1 unspecified atom stereocenters. The molecule has 1 aliphatic heterocycles. The Kier molecular flexibility index (Phi) is 4.94. The number of halogens is 2. The van der Waals surface area contributed by atoms with Gasteiger partial charge in [-0.15, -0.1) is 0 Å². The second-order valence-corrected chi connectivity index (χ2v) is 5.62. The van der Waals surface area contributed by atoms with Crippen LogP contribution in [-0.2, 0) is 6.42 Å². The summed E-state index contributed by atoms with van der Waals surface area (Å²) < 4.78 is 28.4. The van der Waals surface area contributed by atoms with E-state index in [1.54, 1.807) is 11.9 Å². The molecule has 20 heavy (non-hydrogen) atoms. The molecule has 3 nitrogen and oxygen atoms in total. The van der Waals surface area contributed by atoms with Crippen molar-refractivity contribution in [2.24, 2.45) is 5.73 Å². The molecule has 1 saturated heterocycles. The molecule has 0 saturated carbocycles. The Morgan fingerprint density at radius 2 is 2.00 bits per heavy atom. The van der Waals surface area contributed by atoms with Crippen molar-refractivity contribution in [1.29, 1.82) is 0 Å². The van der Waals surface area contributed by atoms with Gasteiger partial charge in [0.2, 0.25) is 0 Å². The van der Waals surface area contributed by atoms with Gasteiger partial charge in [-0.2, -0.15) is 0 Å². The van der Waals surface area contributed by atoms with Crippen molar-refractivity contribution in [3.05, 3.63) is 29.3 Å². The first-order chi connectivity index (χ1) is 9.52. The Bertz CT molecular complexity index is 441. The molecule has 0 aliphatic carbocycles. The highest BCUT2D eigenvalue weighted by atomic mass is 19.1. The number of anilines is 1. The monoisotopic (exact) mass is 283 g/mol. The maximum atomic E-state index is 14.2. The summed E-state index contributed by atoms with van der Waals surface area (Å²) in [6.07, 6.45) is 2.51. The Balaban J connectivity index is 2.22. The Morgan fingerprint density at radius 1 is 1.35 bits per heavy atom. The molecular weight excluding hydrogens is 260 g/mol. The van der Waals surface area contributed by atoms with Gasteiger partial charge in [0.05, 0.1) is 0 Å². The lowest BCUT2D eigenvalue weighted by molar-refractivity contribution is 0.247. The van der Waals surface area contributed by atoms with Gasteiger partial charge in [-0.1, -0.05) is 0 Å². The highest BCUT2D eigenvalue weighted by Gasteiger charge is 2.25. The molecule has 1 aromatic rings. The van der Waals surface area contributed by atoms with Crippen molar-refractivity contribution in [2.75, 3.05) is 38.6 Å². The van der Waals surface area contributed by atoms with Crippen LogP contribution in [0, 0.1) is 11.6 Å². The van der Waals surface area contributed by atoms with Gasteiger partial charge in [0.1, 0.15) is 17.3 Å². The molecule has 112 valence electrons. The minimum atomic E-state index is -0.496. The smallest absolute Gasteiger partial charge is 0.149 e. The van der Waals surface area contributed by atoms with Gasteiger partial charge in [-0.25, -0.2) is 8.78 Å². The van der Waals surface area contributed by atoms with Crippen LogP contribution >= 0.6 is 0 Å². The first kappa shape index (κ1) is 15.2. The maximum Gasteiger partial charge on any atom is 0.149 e. The second-order valence-electron chi connectivity index (χ2n) is 5.62. The van der Waals surface area contributed by atoms with Crippen molar-refractivity contribution < 1.29 is 8.78 Å². The summed E-state index contributed by atoms with van der Waals surface area (Å²) in [5.74, 6) is -0.992. The molecule has 1 aromatic carbocycles. The average molecular weight is 283 g/mol. The first-order valence-corrected chi connectivity index (χ1v) is 7.12. The van der Waals surface area contributed by atoms with Crippen molar-refractivity contribution >= 4 is 5.69 Å². The van der Waals surface area contributed by atoms with Crippen LogP contribution < -0.4 is 10.6 Å². The number of nitrogens with zero attached hydrogens (tertiary/aromatic N) is 2. The summed E-state index contributed by atoms with van der Waals surface area (Å²) in [7, 11) is 3.81. The summed E-state index contributed by atoms with van der Waals surface area (Å²) in [5.41, 5.74) is 6.12. The number of hydrogen-bond acceptors (Lipinski definition) is 3. The second kappa shape index (κ2) is 6.50. The van der Waals surface area contributed by atoms with Gasteiger partial charge < -0.3 is 15.5 Å². The minimum absolute atomic E-state index is 0.0751. The maximum absolute atomic E-state index is 14.2. The number of hydrogen-bond donors (Lipinski definition) is 1. The quantitative estimate of drug-likeness (QED) is 0.917. The molecule has 0 spiro atoms. The van der Waals surface area contributed by atoms with Crippen LogP contribution in [0.4, 0.5) is 14.5 Å². The van der Waals surface area contributed by atoms with E-state index >= 15 is 0 Å². The molecule has 5 heteroatoms. The summed E-state index contributed by atoms with van der Waals surface area (Å²) in [5, 5.41) is 0. The molecule has 0 bridgehead atoms. The van der Waals surface area contributed by atoms with Crippen LogP contribution in [-0.4, -0.2) is 44.7 Å². The van der Waals surface area contributed by atoms with Gasteiger partial charge in [-0.05, 0) is 57.1 Å². The summed E-state index contributed by atoms with van der Waals surface area (Å²) >= 11 is 0. The van der Waals surface area contributed by atoms with E-state index in [0.717, 1.165) is 25.9 Å². The third kappa shape index (κ3) is 3.27. The fourth-order valence-electron chi connectivity index (χ4n) is 2.90. The van der Waals surface area contributed by atoms with E-state index in [2.05, 4.69) is 4.90 Å². The van der Waals surface area contributed by atoms with E-state index in [1.807, 2.05) is 7.05 Å². The zero-order chi connectivity index (χ0) is 14.7. The lowest BCUT2D eigenvalue weighted by atomic mass is 10.0. The Hall–Kier alpha value is -1.20. The van der Waals surface area contributed by atoms with Crippen LogP contribution in [0.25, 0.3) is 0 Å². The van der Waals surface area contributed by atoms with Gasteiger partial charge in [-0.3, -0.25) is 0 Å². The first-order valence-electron chi connectivity index (χ1n) is 7.12. The summed E-state index contributed by atoms with van der Waals surface area (Å²) in [6, 6.07) is 2.95. The standard InChI is InChI=1S/C15H23F2N3/c1-19-7-3-4-12(10-19)20(2)15-13(16)8-11(5-6-18)9-14(15)17/h8-9,12H,3-7,10,18H2,1-2H3. The van der Waals surface area contributed by atoms with Gasteiger partial charge in [0.15, 0.2) is 0 Å². The molecule has 0 radical (unpaired) electrons. The fourth-order valence-corrected chi connectivity index (χ4v) is 2.90. The average Bonchev–Trinajstić information content (AvgIpc) is 2.38. The van der Waals surface area contributed by atoms with E-state index in [0.29, 0.717) is 18.5 Å². The van der Waals surface area contributed by atoms with Crippen LogP contribution in [0.5, 0.6) is 0 Å². The zero-order valence-corrected chi connectivity index (χ0v) is 12.2. The van der Waals surface area contributed by atoms with E-state index in [-0.39, 0.29) is 11.7 Å². The van der Waals surface area contributed by atoms with Crippen molar-refractivity contribution in [2.45, 2.75) is 25.3 Å². The SMILES string of the molecule is CN1CCCC(N(C)c2c(F)cc(CCN)cc2F)C1. The Labute approximate surface area is 119 Å². The highest BCUT2D eigenvalue weighted by molar-refractivity contribution is 5.51. The van der Waals surface area contributed by atoms with E-state index in [9.17, 15) is 8.78 Å². The predicted molar refractivity (Wildman–Crippen MR) is 78.0 cm³/mol.